The van der Waals surface area contributed by atoms with Crippen molar-refractivity contribution < 1.29 is 4.79 Å². The van der Waals surface area contributed by atoms with Crippen molar-refractivity contribution in [1.82, 2.24) is 19.8 Å². The fourth-order valence-electron chi connectivity index (χ4n) is 4.90. The molecule has 1 aromatic carbocycles. The summed E-state index contributed by atoms with van der Waals surface area (Å²) in [6, 6.07) is 9.18. The molecule has 0 radical (unpaired) electrons. The lowest BCUT2D eigenvalue weighted by Crippen LogP contribution is -2.50. The van der Waals surface area contributed by atoms with Gasteiger partial charge in [0.05, 0.1) is 0 Å². The van der Waals surface area contributed by atoms with Crippen molar-refractivity contribution in [2.45, 2.75) is 38.1 Å². The first-order chi connectivity index (χ1) is 15.7. The van der Waals surface area contributed by atoms with Gasteiger partial charge in [-0.15, -0.1) is 0 Å². The summed E-state index contributed by atoms with van der Waals surface area (Å²) in [5, 5.41) is 12.3. The molecule has 5 rings (SSSR count). The Labute approximate surface area is 188 Å². The molecule has 0 atom stereocenters. The minimum Gasteiger partial charge on any atom is -0.351 e. The third-order valence-electron chi connectivity index (χ3n) is 7.04. The van der Waals surface area contributed by atoms with Crippen LogP contribution in [0.25, 0.3) is 0 Å². The van der Waals surface area contributed by atoms with Gasteiger partial charge in [0, 0.05) is 63.4 Å². The number of amides is 2. The quantitative estimate of drug-likeness (QED) is 0.804. The second kappa shape index (κ2) is 9.13. The summed E-state index contributed by atoms with van der Waals surface area (Å²) in [4.78, 5) is 27.7. The number of anilines is 2. The number of aromatic nitrogens is 2. The number of nitrogens with zero attached hydrogens (tertiary/aromatic N) is 6. The minimum absolute atomic E-state index is 0.0750. The zero-order valence-electron chi connectivity index (χ0n) is 18.3. The smallest absolute Gasteiger partial charge is 0.321 e. The molecule has 166 valence electrons. The number of nitriles is 1. The van der Waals surface area contributed by atoms with E-state index < -0.39 is 0 Å². The molecule has 1 saturated heterocycles. The number of rotatable bonds is 3. The molecule has 0 unspecified atom stereocenters. The highest BCUT2D eigenvalue weighted by Crippen LogP contribution is 2.28. The van der Waals surface area contributed by atoms with Crippen molar-refractivity contribution in [3.05, 3.63) is 47.4 Å². The Morgan fingerprint density at radius 1 is 1.00 bits per heavy atom. The van der Waals surface area contributed by atoms with E-state index in [0.29, 0.717) is 37.7 Å². The van der Waals surface area contributed by atoms with E-state index in [2.05, 4.69) is 38.4 Å². The maximum Gasteiger partial charge on any atom is 0.321 e. The lowest BCUT2D eigenvalue weighted by Gasteiger charge is -2.36. The highest BCUT2D eigenvalue weighted by molar-refractivity contribution is 5.89. The standard InChI is InChI=1S/C24H29N7O/c25-17-22-23(27-9-8-26-22)30-12-14-31(15-13-30)24(32)28-20-5-4-18-6-10-29(21-2-1-3-21)11-7-19(18)16-20/h4-5,8-9,16,21H,1-3,6-7,10-15H2,(H,28,32). The number of benzene rings is 1. The summed E-state index contributed by atoms with van der Waals surface area (Å²) < 4.78 is 0. The monoisotopic (exact) mass is 431 g/mol. The molecule has 2 amide bonds. The number of nitrogens with one attached hydrogen (secondary N) is 1. The van der Waals surface area contributed by atoms with Gasteiger partial charge in [0.1, 0.15) is 6.07 Å². The molecule has 2 aliphatic heterocycles. The Morgan fingerprint density at radius 2 is 1.75 bits per heavy atom. The molecule has 2 fully saturated rings. The Kier molecular flexibility index (Phi) is 5.91. The molecular formula is C24H29N7O. The molecule has 0 spiro atoms. The molecule has 0 bridgehead atoms. The van der Waals surface area contributed by atoms with E-state index in [4.69, 9.17) is 0 Å². The maximum absolute atomic E-state index is 12.9. The van der Waals surface area contributed by atoms with Crippen LogP contribution in [0.15, 0.2) is 30.6 Å². The molecule has 2 aromatic rings. The average molecular weight is 432 g/mol. The van der Waals surface area contributed by atoms with Gasteiger partial charge in [0.25, 0.3) is 0 Å². The van der Waals surface area contributed by atoms with E-state index in [1.807, 2.05) is 15.9 Å². The van der Waals surface area contributed by atoms with Crippen LogP contribution in [0.4, 0.5) is 16.3 Å². The summed E-state index contributed by atoms with van der Waals surface area (Å²) in [7, 11) is 0. The number of fused-ring (bicyclic) bond motifs is 1. The molecule has 8 nitrogen and oxygen atoms in total. The van der Waals surface area contributed by atoms with Crippen LogP contribution >= 0.6 is 0 Å². The van der Waals surface area contributed by atoms with Crippen LogP contribution in [-0.4, -0.2) is 71.1 Å². The van der Waals surface area contributed by atoms with Gasteiger partial charge >= 0.3 is 6.03 Å². The first-order valence-electron chi connectivity index (χ1n) is 11.6. The molecule has 1 N–H and O–H groups in total. The largest absolute Gasteiger partial charge is 0.351 e. The predicted molar refractivity (Wildman–Crippen MR) is 123 cm³/mol. The van der Waals surface area contributed by atoms with Gasteiger partial charge in [0.15, 0.2) is 11.5 Å². The van der Waals surface area contributed by atoms with E-state index >= 15 is 0 Å². The number of hydrogen-bond acceptors (Lipinski definition) is 6. The summed E-state index contributed by atoms with van der Waals surface area (Å²) in [5.41, 5.74) is 3.97. The highest BCUT2D eigenvalue weighted by Gasteiger charge is 2.27. The summed E-state index contributed by atoms with van der Waals surface area (Å²) in [6.07, 6.45) is 9.33. The fraction of sp³-hybridized carbons (Fsp3) is 0.500. The molecule has 3 heterocycles. The van der Waals surface area contributed by atoms with Gasteiger partial charge in [-0.3, -0.25) is 4.90 Å². The number of hydrogen-bond donors (Lipinski definition) is 1. The Hall–Kier alpha value is -3.18. The summed E-state index contributed by atoms with van der Waals surface area (Å²) >= 11 is 0. The number of carbonyl (C=O) groups excluding carboxylic acids is 1. The van der Waals surface area contributed by atoms with Gasteiger partial charge in [-0.05, 0) is 48.9 Å². The van der Waals surface area contributed by atoms with E-state index in [0.717, 1.165) is 37.7 Å². The van der Waals surface area contributed by atoms with Gasteiger partial charge in [-0.2, -0.15) is 5.26 Å². The highest BCUT2D eigenvalue weighted by atomic mass is 16.2. The van der Waals surface area contributed by atoms with Crippen LogP contribution < -0.4 is 10.2 Å². The van der Waals surface area contributed by atoms with Gasteiger partial charge in [0.2, 0.25) is 0 Å². The van der Waals surface area contributed by atoms with Crippen LogP contribution in [0, 0.1) is 11.3 Å². The second-order valence-corrected chi connectivity index (χ2v) is 8.85. The lowest BCUT2D eigenvalue weighted by atomic mass is 9.91. The van der Waals surface area contributed by atoms with Gasteiger partial charge < -0.3 is 15.1 Å². The SMILES string of the molecule is N#Cc1nccnc1N1CCN(C(=O)Nc2ccc3c(c2)CCN(C2CCC2)CC3)CC1. The average Bonchev–Trinajstić information content (AvgIpc) is 3.00. The molecule has 32 heavy (non-hydrogen) atoms. The zero-order chi connectivity index (χ0) is 21.9. The van der Waals surface area contributed by atoms with Crippen molar-refractivity contribution in [2.24, 2.45) is 0 Å². The third-order valence-corrected chi connectivity index (χ3v) is 7.04. The van der Waals surface area contributed by atoms with Crippen LogP contribution in [0.3, 0.4) is 0 Å². The number of piperazine rings is 1. The summed E-state index contributed by atoms with van der Waals surface area (Å²) in [5.74, 6) is 0.594. The zero-order valence-corrected chi connectivity index (χ0v) is 18.3. The second-order valence-electron chi connectivity index (χ2n) is 8.85. The van der Waals surface area contributed by atoms with Crippen LogP contribution in [0.5, 0.6) is 0 Å². The van der Waals surface area contributed by atoms with E-state index in [-0.39, 0.29) is 6.03 Å². The first kappa shape index (κ1) is 20.7. The van der Waals surface area contributed by atoms with E-state index in [1.165, 1.54) is 36.6 Å². The Morgan fingerprint density at radius 3 is 2.47 bits per heavy atom. The van der Waals surface area contributed by atoms with Crippen molar-refractivity contribution in [1.29, 1.82) is 5.26 Å². The molecular weight excluding hydrogens is 402 g/mol. The van der Waals surface area contributed by atoms with Gasteiger partial charge in [-0.1, -0.05) is 12.5 Å². The maximum atomic E-state index is 12.9. The minimum atomic E-state index is -0.0750. The predicted octanol–water partition coefficient (Wildman–Crippen LogP) is 2.66. The topological polar surface area (TPSA) is 88.4 Å². The Bertz CT molecular complexity index is 1020. The van der Waals surface area contributed by atoms with Crippen molar-refractivity contribution in [3.8, 4) is 6.07 Å². The van der Waals surface area contributed by atoms with Crippen LogP contribution in [-0.2, 0) is 12.8 Å². The van der Waals surface area contributed by atoms with E-state index in [9.17, 15) is 10.1 Å². The molecule has 3 aliphatic rings. The molecule has 1 saturated carbocycles. The number of urea groups is 1. The van der Waals surface area contributed by atoms with E-state index in [1.54, 1.807) is 6.20 Å². The normalized spacial score (nSPS) is 19.5. The van der Waals surface area contributed by atoms with Crippen LogP contribution in [0.2, 0.25) is 0 Å². The summed E-state index contributed by atoms with van der Waals surface area (Å²) in [6.45, 7) is 4.67. The van der Waals surface area contributed by atoms with Crippen molar-refractivity contribution in [2.75, 3.05) is 49.5 Å². The lowest BCUT2D eigenvalue weighted by molar-refractivity contribution is 0.133. The van der Waals surface area contributed by atoms with Crippen molar-refractivity contribution in [3.63, 3.8) is 0 Å². The molecule has 8 heteroatoms. The van der Waals surface area contributed by atoms with Crippen LogP contribution in [0.1, 0.15) is 36.1 Å². The van der Waals surface area contributed by atoms with Gasteiger partial charge in [-0.25, -0.2) is 14.8 Å². The third kappa shape index (κ3) is 4.26. The fourth-order valence-corrected chi connectivity index (χ4v) is 4.90. The Balaban J connectivity index is 1.18. The number of carbonyl (C=O) groups is 1. The molecule has 1 aromatic heterocycles. The molecule has 1 aliphatic carbocycles. The first-order valence-corrected chi connectivity index (χ1v) is 11.6. The van der Waals surface area contributed by atoms with Crippen molar-refractivity contribution >= 4 is 17.5 Å².